The van der Waals surface area contributed by atoms with Crippen LogP contribution in [0.3, 0.4) is 0 Å². The number of nitrogens with two attached hydrogens (primary N) is 1. The number of methoxy groups -OCH3 is 1. The van der Waals surface area contributed by atoms with Crippen molar-refractivity contribution >= 4 is 27.3 Å². The first kappa shape index (κ1) is 22.8. The number of hydrogen-bond acceptors (Lipinski definition) is 7. The Morgan fingerprint density at radius 3 is 2.53 bits per heavy atom. The quantitative estimate of drug-likeness (QED) is 0.453. The molecule has 176 valence electrons. The summed E-state index contributed by atoms with van der Waals surface area (Å²) in [6.07, 6.45) is 2.79. The number of rotatable bonds is 5. The number of nitrogens with one attached hydrogen (secondary N) is 1. The number of aromatic nitrogens is 5. The molecular formula is C21H32N6O4S. The van der Waals surface area contributed by atoms with E-state index in [0.29, 0.717) is 40.9 Å². The van der Waals surface area contributed by atoms with E-state index in [9.17, 15) is 13.9 Å². The van der Waals surface area contributed by atoms with Crippen molar-refractivity contribution in [2.45, 2.75) is 45.3 Å². The summed E-state index contributed by atoms with van der Waals surface area (Å²) in [4.78, 5) is 13.1. The van der Waals surface area contributed by atoms with Gasteiger partial charge < -0.3 is 15.0 Å². The van der Waals surface area contributed by atoms with Gasteiger partial charge in [-0.2, -0.15) is 20.8 Å². The van der Waals surface area contributed by atoms with Gasteiger partial charge in [0, 0.05) is 43.5 Å². The first-order valence-corrected chi connectivity index (χ1v) is 12.6. The molecule has 10 nitrogen and oxygen atoms in total. The Bertz CT molecular complexity index is 1200. The van der Waals surface area contributed by atoms with E-state index >= 15 is 0 Å². The SMILES string of the molecule is COC1(c2cc(-c3cn([C@@H](C)C(C)C)c(=O)c4c(N)n[nH]c34)nn2C)CCS(O)(O)CC1. The number of nitrogen functional groups attached to an aromatic ring is 1. The van der Waals surface area contributed by atoms with Crippen LogP contribution in [0.2, 0.25) is 0 Å². The van der Waals surface area contributed by atoms with Crippen LogP contribution in [-0.4, -0.2) is 52.3 Å². The second kappa shape index (κ2) is 7.91. The van der Waals surface area contributed by atoms with Crippen molar-refractivity contribution < 1.29 is 13.8 Å². The Labute approximate surface area is 188 Å². The number of aryl methyl sites for hydroxylation is 1. The maximum atomic E-state index is 13.1. The molecule has 3 aromatic rings. The lowest BCUT2D eigenvalue weighted by molar-refractivity contribution is -0.0307. The van der Waals surface area contributed by atoms with E-state index in [1.807, 2.05) is 26.2 Å². The van der Waals surface area contributed by atoms with Crippen LogP contribution in [0.1, 0.15) is 45.3 Å². The summed E-state index contributed by atoms with van der Waals surface area (Å²) >= 11 is 0. The Balaban J connectivity index is 1.88. The number of anilines is 1. The Hall–Kier alpha value is -2.34. The second-order valence-electron chi connectivity index (χ2n) is 9.05. The Morgan fingerprint density at radius 2 is 1.94 bits per heavy atom. The molecule has 1 atom stereocenters. The van der Waals surface area contributed by atoms with Crippen molar-refractivity contribution in [1.29, 1.82) is 0 Å². The highest BCUT2D eigenvalue weighted by molar-refractivity contribution is 8.24. The van der Waals surface area contributed by atoms with Crippen molar-refractivity contribution in [2.24, 2.45) is 13.0 Å². The van der Waals surface area contributed by atoms with Gasteiger partial charge in [-0.15, -0.1) is 0 Å². The van der Waals surface area contributed by atoms with Gasteiger partial charge >= 0.3 is 0 Å². The van der Waals surface area contributed by atoms with Crippen LogP contribution in [0.25, 0.3) is 22.2 Å². The van der Waals surface area contributed by atoms with E-state index < -0.39 is 16.2 Å². The molecule has 5 N–H and O–H groups in total. The molecule has 0 unspecified atom stereocenters. The van der Waals surface area contributed by atoms with Crippen LogP contribution in [0, 0.1) is 5.92 Å². The van der Waals surface area contributed by atoms with Crippen molar-refractivity contribution in [1.82, 2.24) is 24.5 Å². The summed E-state index contributed by atoms with van der Waals surface area (Å²) in [5.41, 5.74) is 7.99. The monoisotopic (exact) mass is 464 g/mol. The molecule has 0 aromatic carbocycles. The number of fused-ring (bicyclic) bond motifs is 1. The molecule has 0 saturated carbocycles. The third-order valence-electron chi connectivity index (χ3n) is 6.86. The van der Waals surface area contributed by atoms with Crippen LogP contribution in [-0.2, 0) is 17.4 Å². The lowest BCUT2D eigenvalue weighted by atomic mass is 9.91. The lowest BCUT2D eigenvalue weighted by Crippen LogP contribution is -2.38. The highest BCUT2D eigenvalue weighted by Crippen LogP contribution is 2.51. The molecule has 0 radical (unpaired) electrons. The third-order valence-corrected chi connectivity index (χ3v) is 8.58. The smallest absolute Gasteiger partial charge is 0.264 e. The van der Waals surface area contributed by atoms with E-state index in [0.717, 1.165) is 11.3 Å². The standard InChI is InChI=1S/C21H32N6O4S/c1-12(2)13(3)27-11-14(18-17(20(27)28)19(22)24-23-18)15-10-16(26(4)25-15)21(31-5)6-8-32(29,30)9-7-21/h10-13,29-30H,6-9H2,1-5H3,(H3,22,23,24)/t13-/m0/s1. The summed E-state index contributed by atoms with van der Waals surface area (Å²) in [5, 5.41) is 12.1. The number of hydrogen-bond donors (Lipinski definition) is 4. The second-order valence-corrected chi connectivity index (χ2v) is 11.5. The molecule has 4 rings (SSSR count). The maximum Gasteiger partial charge on any atom is 0.264 e. The molecule has 1 aliphatic heterocycles. The van der Waals surface area contributed by atoms with Gasteiger partial charge in [-0.05, 0) is 31.7 Å². The Morgan fingerprint density at radius 1 is 1.28 bits per heavy atom. The van der Waals surface area contributed by atoms with E-state index in [2.05, 4.69) is 24.0 Å². The molecule has 4 heterocycles. The number of pyridine rings is 1. The summed E-state index contributed by atoms with van der Waals surface area (Å²) in [6.45, 7) is 6.13. The normalized spacial score (nSPS) is 20.0. The van der Waals surface area contributed by atoms with Gasteiger partial charge in [0.15, 0.2) is 5.82 Å². The first-order valence-electron chi connectivity index (χ1n) is 10.7. The fraction of sp³-hybridized carbons (Fsp3) is 0.571. The largest absolute Gasteiger partial charge is 0.382 e. The summed E-state index contributed by atoms with van der Waals surface area (Å²) in [6, 6.07) is 1.90. The summed E-state index contributed by atoms with van der Waals surface area (Å²) in [7, 11) is 0.927. The molecule has 1 fully saturated rings. The van der Waals surface area contributed by atoms with Crippen molar-refractivity contribution in [3.63, 3.8) is 0 Å². The molecule has 0 aliphatic carbocycles. The van der Waals surface area contributed by atoms with Crippen LogP contribution in [0.5, 0.6) is 0 Å². The number of nitrogens with zero attached hydrogens (tertiary/aromatic N) is 4. The van der Waals surface area contributed by atoms with E-state index in [1.165, 1.54) is 0 Å². The first-order chi connectivity index (χ1) is 15.0. The van der Waals surface area contributed by atoms with Crippen LogP contribution in [0.4, 0.5) is 5.82 Å². The third kappa shape index (κ3) is 3.62. The van der Waals surface area contributed by atoms with Crippen molar-refractivity contribution in [3.05, 3.63) is 28.3 Å². The van der Waals surface area contributed by atoms with Crippen LogP contribution < -0.4 is 11.3 Å². The van der Waals surface area contributed by atoms with Gasteiger partial charge in [0.2, 0.25) is 0 Å². The van der Waals surface area contributed by atoms with Crippen molar-refractivity contribution in [2.75, 3.05) is 24.3 Å². The van der Waals surface area contributed by atoms with Gasteiger partial charge in [-0.3, -0.25) is 23.7 Å². The average Bonchev–Trinajstić information content (AvgIpc) is 3.32. The number of aromatic amines is 1. The minimum absolute atomic E-state index is 0.0444. The fourth-order valence-electron chi connectivity index (χ4n) is 4.45. The van der Waals surface area contributed by atoms with E-state index in [1.54, 1.807) is 16.4 Å². The minimum Gasteiger partial charge on any atom is -0.382 e. The molecule has 1 aliphatic rings. The number of H-pyrrole nitrogens is 1. The van der Waals surface area contributed by atoms with Crippen molar-refractivity contribution in [3.8, 4) is 11.3 Å². The molecule has 0 bridgehead atoms. The van der Waals surface area contributed by atoms with E-state index in [-0.39, 0.29) is 23.3 Å². The van der Waals surface area contributed by atoms with Crippen LogP contribution in [0.15, 0.2) is 17.1 Å². The van der Waals surface area contributed by atoms with Gasteiger partial charge in [0.25, 0.3) is 5.56 Å². The molecule has 0 amide bonds. The van der Waals surface area contributed by atoms with Gasteiger partial charge in [-0.1, -0.05) is 13.8 Å². The zero-order valence-corrected chi connectivity index (χ0v) is 19.9. The van der Waals surface area contributed by atoms with Crippen LogP contribution >= 0.6 is 10.6 Å². The molecule has 32 heavy (non-hydrogen) atoms. The molecular weight excluding hydrogens is 432 g/mol. The molecule has 3 aromatic heterocycles. The zero-order chi connectivity index (χ0) is 23.4. The predicted octanol–water partition coefficient (Wildman–Crippen LogP) is 3.31. The fourth-order valence-corrected chi connectivity index (χ4v) is 5.97. The van der Waals surface area contributed by atoms with Gasteiger partial charge in [0.1, 0.15) is 11.0 Å². The van der Waals surface area contributed by atoms with Gasteiger partial charge in [0.05, 0.1) is 16.9 Å². The lowest BCUT2D eigenvalue weighted by Gasteiger charge is -2.45. The zero-order valence-electron chi connectivity index (χ0n) is 19.1. The summed E-state index contributed by atoms with van der Waals surface area (Å²) < 4.78 is 29.6. The molecule has 0 spiro atoms. The highest BCUT2D eigenvalue weighted by atomic mass is 32.3. The maximum absolute atomic E-state index is 13.1. The molecule has 11 heteroatoms. The molecule has 1 saturated heterocycles. The topological polar surface area (TPSA) is 144 Å². The minimum atomic E-state index is -2.56. The van der Waals surface area contributed by atoms with E-state index in [4.69, 9.17) is 15.6 Å². The summed E-state index contributed by atoms with van der Waals surface area (Å²) in [5.74, 6) is 0.988. The number of ether oxygens (including phenoxy) is 1. The van der Waals surface area contributed by atoms with Gasteiger partial charge in [-0.25, -0.2) is 0 Å². The highest BCUT2D eigenvalue weighted by Gasteiger charge is 2.41. The Kier molecular flexibility index (Phi) is 5.64. The predicted molar refractivity (Wildman–Crippen MR) is 127 cm³/mol. The average molecular weight is 465 g/mol.